The van der Waals surface area contributed by atoms with E-state index in [0.717, 1.165) is 6.07 Å². The van der Waals surface area contributed by atoms with Crippen LogP contribution in [-0.4, -0.2) is 10.4 Å². The number of pyridine rings is 1. The summed E-state index contributed by atoms with van der Waals surface area (Å²) in [4.78, 5) is 22.5. The maximum Gasteiger partial charge on any atom is 0.419 e. The van der Waals surface area contributed by atoms with Gasteiger partial charge in [-0.15, -0.1) is 6.42 Å². The average molecular weight is 284 g/mol. The zero-order valence-corrected chi connectivity index (χ0v) is 10.5. The predicted octanol–water partition coefficient (Wildman–Crippen LogP) is 1.90. The summed E-state index contributed by atoms with van der Waals surface area (Å²) in [5.41, 5.74) is 3.21. The van der Waals surface area contributed by atoms with E-state index >= 15 is 0 Å². The van der Waals surface area contributed by atoms with E-state index in [-0.39, 0.29) is 17.9 Å². The highest BCUT2D eigenvalue weighted by molar-refractivity contribution is 5.80. The Morgan fingerprint density at radius 1 is 1.50 bits per heavy atom. The van der Waals surface area contributed by atoms with Crippen molar-refractivity contribution in [2.75, 3.05) is 5.73 Å². The van der Waals surface area contributed by atoms with Crippen molar-refractivity contribution in [3.63, 3.8) is 0 Å². The lowest BCUT2D eigenvalue weighted by atomic mass is 10.2. The first-order valence-electron chi connectivity index (χ1n) is 5.43. The number of nitrogen functional groups attached to an aromatic ring is 1. The lowest BCUT2D eigenvalue weighted by Gasteiger charge is -2.15. The molecule has 0 aromatic carbocycles. The van der Waals surface area contributed by atoms with Crippen molar-refractivity contribution in [1.29, 1.82) is 0 Å². The number of ketones is 1. The van der Waals surface area contributed by atoms with Gasteiger partial charge in [-0.1, -0.05) is 5.92 Å². The number of carbonyl (C=O) groups excluding carboxylic acids is 1. The number of hydrogen-bond acceptors (Lipinski definition) is 3. The van der Waals surface area contributed by atoms with E-state index in [9.17, 15) is 22.8 Å². The van der Waals surface area contributed by atoms with Crippen molar-refractivity contribution in [1.82, 2.24) is 4.57 Å². The Labute approximate surface area is 112 Å². The van der Waals surface area contributed by atoms with E-state index in [2.05, 4.69) is 5.92 Å². The zero-order chi connectivity index (χ0) is 15.5. The van der Waals surface area contributed by atoms with E-state index in [1.54, 1.807) is 0 Å². The number of terminal acetylenes is 1. The lowest BCUT2D eigenvalue weighted by molar-refractivity contribution is -0.137. The number of aromatic nitrogens is 1. The van der Waals surface area contributed by atoms with Gasteiger partial charge < -0.3 is 5.73 Å². The van der Waals surface area contributed by atoms with Gasteiger partial charge in [0.15, 0.2) is 0 Å². The van der Waals surface area contributed by atoms with Crippen LogP contribution in [0.15, 0.2) is 23.0 Å². The Kier molecular flexibility index (Phi) is 4.40. The third kappa shape index (κ3) is 3.29. The van der Waals surface area contributed by atoms with Gasteiger partial charge in [0.1, 0.15) is 11.6 Å². The highest BCUT2D eigenvalue weighted by Crippen LogP contribution is 2.33. The van der Waals surface area contributed by atoms with Crippen LogP contribution in [0, 0.1) is 12.3 Å². The minimum absolute atomic E-state index is 0.109. The third-order valence-electron chi connectivity index (χ3n) is 2.41. The first-order valence-corrected chi connectivity index (χ1v) is 5.43. The Morgan fingerprint density at radius 2 is 2.10 bits per heavy atom. The summed E-state index contributed by atoms with van der Waals surface area (Å²) in [5.74, 6) is 0.998. The largest absolute Gasteiger partial charge is 0.419 e. The van der Waals surface area contributed by atoms with Crippen molar-refractivity contribution in [2.45, 2.75) is 19.5 Å². The molecule has 1 heterocycles. The Balaban J connectivity index is 3.52. The van der Waals surface area contributed by atoms with Crippen LogP contribution in [-0.2, 0) is 11.0 Å². The van der Waals surface area contributed by atoms with Crippen molar-refractivity contribution in [3.8, 4) is 12.3 Å². The van der Waals surface area contributed by atoms with Gasteiger partial charge in [-0.3, -0.25) is 14.2 Å². The molecule has 0 aliphatic rings. The third-order valence-corrected chi connectivity index (χ3v) is 2.41. The number of alkyl halides is 3. The Morgan fingerprint density at radius 3 is 2.55 bits per heavy atom. The van der Waals surface area contributed by atoms with Crippen LogP contribution >= 0.6 is 0 Å². The SMILES string of the molecule is C#CC(=CCC(C)=O)n1c(N)c(C(F)(F)F)ccc1=O. The van der Waals surface area contributed by atoms with E-state index in [4.69, 9.17) is 12.2 Å². The molecule has 0 spiro atoms. The predicted molar refractivity (Wildman–Crippen MR) is 68.5 cm³/mol. The Hall–Kier alpha value is -2.49. The molecule has 0 unspecified atom stereocenters. The van der Waals surface area contributed by atoms with E-state index in [0.29, 0.717) is 10.6 Å². The molecule has 0 amide bonds. The van der Waals surface area contributed by atoms with Gasteiger partial charge in [0.05, 0.1) is 11.3 Å². The average Bonchev–Trinajstić information content (AvgIpc) is 2.31. The number of rotatable bonds is 3. The van der Waals surface area contributed by atoms with Crippen LogP contribution in [0.25, 0.3) is 5.70 Å². The monoisotopic (exact) mass is 284 g/mol. The summed E-state index contributed by atoms with van der Waals surface area (Å²) in [6.07, 6.45) is 1.52. The molecule has 0 saturated carbocycles. The molecule has 0 atom stereocenters. The van der Waals surface area contributed by atoms with Gasteiger partial charge in [-0.05, 0) is 19.1 Å². The molecular formula is C13H11F3N2O2. The highest BCUT2D eigenvalue weighted by Gasteiger charge is 2.34. The molecule has 2 N–H and O–H groups in total. The van der Waals surface area contributed by atoms with E-state index in [1.165, 1.54) is 13.0 Å². The number of carbonyl (C=O) groups is 1. The van der Waals surface area contributed by atoms with Crippen molar-refractivity contribution < 1.29 is 18.0 Å². The van der Waals surface area contributed by atoms with E-state index < -0.39 is 23.1 Å². The van der Waals surface area contributed by atoms with Crippen molar-refractivity contribution in [2.24, 2.45) is 0 Å². The molecule has 0 bridgehead atoms. The fraction of sp³-hybridized carbons (Fsp3) is 0.231. The summed E-state index contributed by atoms with van der Waals surface area (Å²) < 4.78 is 38.7. The van der Waals surface area contributed by atoms with Crippen LogP contribution in [0.2, 0.25) is 0 Å². The number of anilines is 1. The molecule has 1 rings (SSSR count). The second kappa shape index (κ2) is 5.65. The number of halogens is 3. The molecule has 0 fully saturated rings. The molecular weight excluding hydrogens is 273 g/mol. The van der Waals surface area contributed by atoms with Crippen LogP contribution in [0.4, 0.5) is 19.0 Å². The number of Topliss-reactive ketones (excluding diaryl/α,β-unsaturated/α-hetero) is 1. The Bertz CT molecular complexity index is 664. The molecule has 7 heteroatoms. The van der Waals surface area contributed by atoms with Gasteiger partial charge in [-0.2, -0.15) is 13.2 Å². The van der Waals surface area contributed by atoms with Gasteiger partial charge >= 0.3 is 6.18 Å². The maximum atomic E-state index is 12.7. The second-order valence-electron chi connectivity index (χ2n) is 3.94. The molecule has 0 aliphatic heterocycles. The molecule has 20 heavy (non-hydrogen) atoms. The van der Waals surface area contributed by atoms with E-state index in [1.807, 2.05) is 0 Å². The molecule has 0 aliphatic carbocycles. The first-order chi connectivity index (χ1) is 9.18. The normalized spacial score (nSPS) is 12.1. The first kappa shape index (κ1) is 15.6. The van der Waals surface area contributed by atoms with Gasteiger partial charge in [0.2, 0.25) is 0 Å². The number of nitrogens with two attached hydrogens (primary N) is 1. The number of allylic oxidation sites excluding steroid dienone is 2. The smallest absolute Gasteiger partial charge is 0.384 e. The van der Waals surface area contributed by atoms with Crippen LogP contribution < -0.4 is 11.3 Å². The minimum atomic E-state index is -4.71. The standard InChI is InChI=1S/C13H11F3N2O2/c1-3-9(5-4-8(2)19)18-11(20)7-6-10(12(18)17)13(14,15)16/h1,5-7H,4,17H2,2H3. The van der Waals surface area contributed by atoms with Crippen LogP contribution in [0.5, 0.6) is 0 Å². The topological polar surface area (TPSA) is 65.1 Å². The summed E-state index contributed by atoms with van der Waals surface area (Å²) in [6, 6.07) is 1.31. The van der Waals surface area contributed by atoms with Crippen LogP contribution in [0.3, 0.4) is 0 Å². The molecule has 1 aromatic rings. The fourth-order valence-corrected chi connectivity index (χ4v) is 1.50. The molecule has 4 nitrogen and oxygen atoms in total. The van der Waals surface area contributed by atoms with Crippen molar-refractivity contribution >= 4 is 17.3 Å². The van der Waals surface area contributed by atoms with Gasteiger partial charge in [0.25, 0.3) is 5.56 Å². The van der Waals surface area contributed by atoms with Gasteiger partial charge in [-0.25, -0.2) is 0 Å². The number of hydrogen-bond donors (Lipinski definition) is 1. The molecule has 1 aromatic heterocycles. The summed E-state index contributed by atoms with van der Waals surface area (Å²) in [5, 5.41) is 0. The summed E-state index contributed by atoms with van der Waals surface area (Å²) in [6.45, 7) is 1.28. The zero-order valence-electron chi connectivity index (χ0n) is 10.5. The molecule has 0 radical (unpaired) electrons. The highest BCUT2D eigenvalue weighted by atomic mass is 19.4. The molecule has 0 saturated heterocycles. The van der Waals surface area contributed by atoms with Gasteiger partial charge in [0, 0.05) is 12.5 Å². The van der Waals surface area contributed by atoms with Crippen molar-refractivity contribution in [3.05, 3.63) is 34.1 Å². The quantitative estimate of drug-likeness (QED) is 0.862. The minimum Gasteiger partial charge on any atom is -0.384 e. The fourth-order valence-electron chi connectivity index (χ4n) is 1.50. The number of nitrogens with zero attached hydrogens (tertiary/aromatic N) is 1. The molecule has 106 valence electrons. The summed E-state index contributed by atoms with van der Waals surface area (Å²) in [7, 11) is 0. The second-order valence-corrected chi connectivity index (χ2v) is 3.94. The summed E-state index contributed by atoms with van der Waals surface area (Å²) >= 11 is 0. The van der Waals surface area contributed by atoms with Crippen LogP contribution in [0.1, 0.15) is 18.9 Å². The lowest BCUT2D eigenvalue weighted by Crippen LogP contribution is -2.25. The maximum absolute atomic E-state index is 12.7.